The minimum Gasteiger partial charge on any atom is -0.497 e. The molecule has 1 aromatic rings. The van der Waals surface area contributed by atoms with Crippen molar-refractivity contribution < 1.29 is 9.53 Å². The number of nitrogens with one attached hydrogen (secondary N) is 2. The number of anilines is 1. The second-order valence-electron chi connectivity index (χ2n) is 4.64. The SMILES string of the molecule is COc1ccc(NCC(=O)N/N=C(/C)C2CC2)cc1. The molecule has 1 aliphatic rings. The van der Waals surface area contributed by atoms with Crippen LogP contribution in [0.2, 0.25) is 0 Å². The fraction of sp³-hybridized carbons (Fsp3) is 0.429. The topological polar surface area (TPSA) is 62.7 Å². The zero-order chi connectivity index (χ0) is 13.7. The monoisotopic (exact) mass is 261 g/mol. The van der Waals surface area contributed by atoms with Gasteiger partial charge in [-0.15, -0.1) is 0 Å². The number of benzene rings is 1. The van der Waals surface area contributed by atoms with Crippen LogP contribution >= 0.6 is 0 Å². The lowest BCUT2D eigenvalue weighted by atomic mass is 10.3. The molecule has 0 aromatic heterocycles. The Kier molecular flexibility index (Phi) is 4.39. The van der Waals surface area contributed by atoms with Gasteiger partial charge in [0.2, 0.25) is 0 Å². The number of carbonyl (C=O) groups excluding carboxylic acids is 1. The maximum Gasteiger partial charge on any atom is 0.259 e. The van der Waals surface area contributed by atoms with Crippen molar-refractivity contribution in [2.75, 3.05) is 19.0 Å². The van der Waals surface area contributed by atoms with Crippen LogP contribution < -0.4 is 15.5 Å². The quantitative estimate of drug-likeness (QED) is 0.608. The fourth-order valence-electron chi connectivity index (χ4n) is 1.67. The number of amides is 1. The first-order valence-corrected chi connectivity index (χ1v) is 6.40. The smallest absolute Gasteiger partial charge is 0.259 e. The van der Waals surface area contributed by atoms with Gasteiger partial charge < -0.3 is 10.1 Å². The first-order valence-electron chi connectivity index (χ1n) is 6.40. The zero-order valence-electron chi connectivity index (χ0n) is 11.3. The Balaban J connectivity index is 1.74. The molecule has 1 aliphatic carbocycles. The maximum absolute atomic E-state index is 11.6. The van der Waals surface area contributed by atoms with Crippen molar-refractivity contribution in [1.29, 1.82) is 0 Å². The highest BCUT2D eigenvalue weighted by molar-refractivity contribution is 5.88. The molecular formula is C14H19N3O2. The minimum atomic E-state index is -0.143. The summed E-state index contributed by atoms with van der Waals surface area (Å²) in [7, 11) is 1.62. The highest BCUT2D eigenvalue weighted by Crippen LogP contribution is 2.30. The van der Waals surface area contributed by atoms with Crippen molar-refractivity contribution in [3.63, 3.8) is 0 Å². The summed E-state index contributed by atoms with van der Waals surface area (Å²) in [5.74, 6) is 1.23. The fourth-order valence-corrected chi connectivity index (χ4v) is 1.67. The summed E-state index contributed by atoms with van der Waals surface area (Å²) in [6, 6.07) is 7.42. The van der Waals surface area contributed by atoms with Gasteiger partial charge in [0.1, 0.15) is 5.75 Å². The van der Waals surface area contributed by atoms with Crippen LogP contribution in [-0.4, -0.2) is 25.3 Å². The molecular weight excluding hydrogens is 242 g/mol. The third-order valence-corrected chi connectivity index (χ3v) is 3.07. The molecule has 1 amide bonds. The molecule has 0 unspecified atom stereocenters. The number of nitrogens with zero attached hydrogens (tertiary/aromatic N) is 1. The highest BCUT2D eigenvalue weighted by atomic mass is 16.5. The largest absolute Gasteiger partial charge is 0.497 e. The number of ether oxygens (including phenoxy) is 1. The summed E-state index contributed by atoms with van der Waals surface area (Å²) in [5.41, 5.74) is 4.44. The van der Waals surface area contributed by atoms with Crippen molar-refractivity contribution in [1.82, 2.24) is 5.43 Å². The number of hydrazone groups is 1. The first kappa shape index (κ1) is 13.4. The van der Waals surface area contributed by atoms with Crippen LogP contribution in [0.3, 0.4) is 0 Å². The number of hydrogen-bond acceptors (Lipinski definition) is 4. The van der Waals surface area contributed by atoms with Crippen LogP contribution in [0.5, 0.6) is 5.75 Å². The van der Waals surface area contributed by atoms with Crippen LogP contribution in [-0.2, 0) is 4.79 Å². The average molecular weight is 261 g/mol. The molecule has 1 aromatic carbocycles. The average Bonchev–Trinajstić information content (AvgIpc) is 3.27. The number of methoxy groups -OCH3 is 1. The molecule has 19 heavy (non-hydrogen) atoms. The summed E-state index contributed by atoms with van der Waals surface area (Å²) < 4.78 is 5.06. The van der Waals surface area contributed by atoms with Crippen molar-refractivity contribution in [3.05, 3.63) is 24.3 Å². The van der Waals surface area contributed by atoms with Gasteiger partial charge in [0.05, 0.1) is 13.7 Å². The Morgan fingerprint density at radius 2 is 2.05 bits per heavy atom. The van der Waals surface area contributed by atoms with Gasteiger partial charge in [-0.25, -0.2) is 5.43 Å². The minimum absolute atomic E-state index is 0.143. The molecule has 5 heteroatoms. The predicted molar refractivity (Wildman–Crippen MR) is 75.5 cm³/mol. The van der Waals surface area contributed by atoms with Gasteiger partial charge >= 0.3 is 0 Å². The van der Waals surface area contributed by atoms with Gasteiger partial charge in [0, 0.05) is 11.4 Å². The van der Waals surface area contributed by atoms with Crippen LogP contribution in [0.1, 0.15) is 19.8 Å². The van der Waals surface area contributed by atoms with E-state index in [2.05, 4.69) is 15.8 Å². The summed E-state index contributed by atoms with van der Waals surface area (Å²) in [6.07, 6.45) is 2.38. The van der Waals surface area contributed by atoms with Gasteiger partial charge in [-0.05, 0) is 49.9 Å². The second-order valence-corrected chi connectivity index (χ2v) is 4.64. The summed E-state index contributed by atoms with van der Waals surface area (Å²) in [6.45, 7) is 2.16. The van der Waals surface area contributed by atoms with E-state index in [4.69, 9.17) is 4.74 Å². The van der Waals surface area contributed by atoms with E-state index in [1.807, 2.05) is 31.2 Å². The van der Waals surface area contributed by atoms with E-state index < -0.39 is 0 Å². The van der Waals surface area contributed by atoms with E-state index in [0.29, 0.717) is 5.92 Å². The molecule has 0 spiro atoms. The molecule has 0 aliphatic heterocycles. The third-order valence-electron chi connectivity index (χ3n) is 3.07. The van der Waals surface area contributed by atoms with Gasteiger partial charge in [0.15, 0.2) is 0 Å². The molecule has 102 valence electrons. The van der Waals surface area contributed by atoms with Crippen LogP contribution in [0.4, 0.5) is 5.69 Å². The van der Waals surface area contributed by atoms with Crippen LogP contribution in [0.25, 0.3) is 0 Å². The predicted octanol–water partition coefficient (Wildman–Crippen LogP) is 2.01. The molecule has 0 bridgehead atoms. The molecule has 0 atom stereocenters. The van der Waals surface area contributed by atoms with E-state index in [9.17, 15) is 4.79 Å². The molecule has 1 fully saturated rings. The number of rotatable bonds is 6. The maximum atomic E-state index is 11.6. The highest BCUT2D eigenvalue weighted by Gasteiger charge is 2.24. The number of carbonyl (C=O) groups is 1. The Morgan fingerprint density at radius 3 is 2.63 bits per heavy atom. The number of hydrogen-bond donors (Lipinski definition) is 2. The van der Waals surface area contributed by atoms with E-state index in [1.54, 1.807) is 7.11 Å². The molecule has 2 rings (SSSR count). The van der Waals surface area contributed by atoms with E-state index in [1.165, 1.54) is 12.8 Å². The van der Waals surface area contributed by atoms with Crippen molar-refractivity contribution >= 4 is 17.3 Å². The van der Waals surface area contributed by atoms with Crippen LogP contribution in [0.15, 0.2) is 29.4 Å². The van der Waals surface area contributed by atoms with E-state index >= 15 is 0 Å². The standard InChI is InChI=1S/C14H19N3O2/c1-10(11-3-4-11)16-17-14(18)9-15-12-5-7-13(19-2)8-6-12/h5-8,11,15H,3-4,9H2,1-2H3,(H,17,18)/b16-10-. The normalized spacial score (nSPS) is 14.9. The molecule has 2 N–H and O–H groups in total. The van der Waals surface area contributed by atoms with E-state index in [-0.39, 0.29) is 12.5 Å². The summed E-state index contributed by atoms with van der Waals surface area (Å²) in [5, 5.41) is 7.11. The summed E-state index contributed by atoms with van der Waals surface area (Å²) in [4.78, 5) is 11.6. The first-order chi connectivity index (χ1) is 9.19. The summed E-state index contributed by atoms with van der Waals surface area (Å²) >= 11 is 0. The van der Waals surface area contributed by atoms with Crippen molar-refractivity contribution in [3.8, 4) is 5.75 Å². The molecule has 0 saturated heterocycles. The zero-order valence-corrected chi connectivity index (χ0v) is 11.3. The Bertz CT molecular complexity index is 464. The van der Waals surface area contributed by atoms with Gasteiger partial charge in [-0.2, -0.15) is 5.10 Å². The lowest BCUT2D eigenvalue weighted by Gasteiger charge is -2.06. The Labute approximate surface area is 113 Å². The lowest BCUT2D eigenvalue weighted by Crippen LogP contribution is -2.26. The molecule has 5 nitrogen and oxygen atoms in total. The van der Waals surface area contributed by atoms with Crippen LogP contribution in [0, 0.1) is 5.92 Å². The third kappa shape index (κ3) is 4.28. The molecule has 0 radical (unpaired) electrons. The van der Waals surface area contributed by atoms with Gasteiger partial charge in [0.25, 0.3) is 5.91 Å². The Morgan fingerprint density at radius 1 is 1.37 bits per heavy atom. The Hall–Kier alpha value is -2.04. The van der Waals surface area contributed by atoms with E-state index in [0.717, 1.165) is 17.1 Å². The molecule has 1 saturated carbocycles. The van der Waals surface area contributed by atoms with Gasteiger partial charge in [-0.1, -0.05) is 0 Å². The molecule has 0 heterocycles. The second kappa shape index (κ2) is 6.22. The van der Waals surface area contributed by atoms with Crippen molar-refractivity contribution in [2.45, 2.75) is 19.8 Å². The lowest BCUT2D eigenvalue weighted by molar-refractivity contribution is -0.119. The van der Waals surface area contributed by atoms with Gasteiger partial charge in [-0.3, -0.25) is 4.79 Å². The van der Waals surface area contributed by atoms with Crippen molar-refractivity contribution in [2.24, 2.45) is 11.0 Å².